The molecule has 1 aliphatic heterocycles. The monoisotopic (exact) mass is 306 g/mol. The molecule has 5 heteroatoms. The summed E-state index contributed by atoms with van der Waals surface area (Å²) in [6, 6.07) is 17.0. The number of hydrogen-bond acceptors (Lipinski definition) is 4. The highest BCUT2D eigenvalue weighted by molar-refractivity contribution is 5.95. The Balaban J connectivity index is 1.60. The lowest BCUT2D eigenvalue weighted by Gasteiger charge is -2.11. The molecule has 2 aromatic carbocycles. The van der Waals surface area contributed by atoms with Crippen LogP contribution in [0.25, 0.3) is 0 Å². The Morgan fingerprint density at radius 3 is 2.48 bits per heavy atom. The van der Waals surface area contributed by atoms with Gasteiger partial charge in [-0.2, -0.15) is 5.26 Å². The van der Waals surface area contributed by atoms with Gasteiger partial charge in [-0.25, -0.2) is 10.9 Å². The number of anilines is 1. The molecule has 1 amide bonds. The van der Waals surface area contributed by atoms with Crippen LogP contribution in [0.2, 0.25) is 0 Å². The lowest BCUT2D eigenvalue weighted by Crippen LogP contribution is -2.39. The van der Waals surface area contributed by atoms with Crippen molar-refractivity contribution >= 4 is 11.6 Å². The summed E-state index contributed by atoms with van der Waals surface area (Å²) in [5, 5.41) is 11.6. The molecular formula is C18H18N4O. The van der Waals surface area contributed by atoms with Gasteiger partial charge in [0.25, 0.3) is 0 Å². The molecule has 0 saturated carbocycles. The van der Waals surface area contributed by atoms with Crippen LogP contribution in [0.3, 0.4) is 0 Å². The van der Waals surface area contributed by atoms with Crippen LogP contribution in [0.4, 0.5) is 5.69 Å². The Labute approximate surface area is 135 Å². The number of aryl methyl sites for hydroxylation is 1. The van der Waals surface area contributed by atoms with Gasteiger partial charge in [-0.15, -0.1) is 0 Å². The number of rotatable bonds is 3. The molecule has 0 spiro atoms. The average molecular weight is 306 g/mol. The van der Waals surface area contributed by atoms with Crippen molar-refractivity contribution in [1.82, 2.24) is 10.9 Å². The number of nitrogens with one attached hydrogen (secondary N) is 3. The van der Waals surface area contributed by atoms with Gasteiger partial charge in [0.2, 0.25) is 5.91 Å². The highest BCUT2D eigenvalue weighted by atomic mass is 16.2. The molecule has 5 nitrogen and oxygen atoms in total. The van der Waals surface area contributed by atoms with E-state index < -0.39 is 0 Å². The van der Waals surface area contributed by atoms with E-state index in [2.05, 4.69) is 53.4 Å². The maximum atomic E-state index is 12.3. The molecule has 2 atom stereocenters. The third-order valence-corrected chi connectivity index (χ3v) is 3.98. The van der Waals surface area contributed by atoms with Crippen LogP contribution >= 0.6 is 0 Å². The molecule has 116 valence electrons. The predicted octanol–water partition coefficient (Wildman–Crippen LogP) is 2.41. The molecule has 1 heterocycles. The first-order valence-corrected chi connectivity index (χ1v) is 7.54. The number of hydrogen-bond donors (Lipinski definition) is 3. The number of benzene rings is 2. The van der Waals surface area contributed by atoms with Crippen molar-refractivity contribution in [3.8, 4) is 6.07 Å². The van der Waals surface area contributed by atoms with Crippen molar-refractivity contribution in [1.29, 1.82) is 5.26 Å². The Morgan fingerprint density at radius 1 is 1.13 bits per heavy atom. The average Bonchev–Trinajstić information content (AvgIpc) is 3.06. The predicted molar refractivity (Wildman–Crippen MR) is 88.4 cm³/mol. The maximum absolute atomic E-state index is 12.3. The summed E-state index contributed by atoms with van der Waals surface area (Å²) in [6.45, 7) is 2.05. The Bertz CT molecular complexity index is 731. The second kappa shape index (κ2) is 6.61. The van der Waals surface area contributed by atoms with Crippen molar-refractivity contribution in [3.05, 3.63) is 65.2 Å². The van der Waals surface area contributed by atoms with Gasteiger partial charge in [-0.3, -0.25) is 4.79 Å². The number of amides is 1. The van der Waals surface area contributed by atoms with E-state index in [-0.39, 0.29) is 18.0 Å². The number of hydrazine groups is 1. The molecule has 2 unspecified atom stereocenters. The van der Waals surface area contributed by atoms with Gasteiger partial charge in [-0.1, -0.05) is 29.8 Å². The summed E-state index contributed by atoms with van der Waals surface area (Å²) in [5.74, 6) is -0.0863. The van der Waals surface area contributed by atoms with Crippen molar-refractivity contribution in [2.45, 2.75) is 25.4 Å². The zero-order valence-electron chi connectivity index (χ0n) is 12.8. The maximum Gasteiger partial charge on any atom is 0.242 e. The van der Waals surface area contributed by atoms with E-state index >= 15 is 0 Å². The summed E-state index contributed by atoms with van der Waals surface area (Å²) in [4.78, 5) is 12.3. The molecule has 2 aromatic rings. The molecule has 1 fully saturated rings. The van der Waals surface area contributed by atoms with E-state index in [9.17, 15) is 4.79 Å². The third kappa shape index (κ3) is 3.57. The van der Waals surface area contributed by atoms with E-state index in [1.807, 2.05) is 0 Å². The summed E-state index contributed by atoms with van der Waals surface area (Å²) in [7, 11) is 0. The molecule has 1 aliphatic rings. The highest BCUT2D eigenvalue weighted by Crippen LogP contribution is 2.23. The summed E-state index contributed by atoms with van der Waals surface area (Å²) in [6.07, 6.45) is 0.686. The Kier molecular flexibility index (Phi) is 4.38. The van der Waals surface area contributed by atoms with E-state index in [4.69, 9.17) is 5.26 Å². The molecule has 0 aliphatic carbocycles. The van der Waals surface area contributed by atoms with Crippen LogP contribution in [0, 0.1) is 18.3 Å². The van der Waals surface area contributed by atoms with Crippen LogP contribution in [0.1, 0.15) is 29.2 Å². The van der Waals surface area contributed by atoms with E-state index in [0.717, 1.165) is 5.56 Å². The van der Waals surface area contributed by atoms with Gasteiger partial charge in [-0.05, 0) is 43.2 Å². The second-order valence-electron chi connectivity index (χ2n) is 5.72. The molecule has 0 bridgehead atoms. The van der Waals surface area contributed by atoms with Crippen molar-refractivity contribution < 1.29 is 4.79 Å². The third-order valence-electron chi connectivity index (χ3n) is 3.98. The van der Waals surface area contributed by atoms with Gasteiger partial charge in [0.1, 0.15) is 6.04 Å². The van der Waals surface area contributed by atoms with Gasteiger partial charge in [0, 0.05) is 11.7 Å². The first kappa shape index (κ1) is 15.2. The summed E-state index contributed by atoms with van der Waals surface area (Å²) < 4.78 is 0. The summed E-state index contributed by atoms with van der Waals surface area (Å²) in [5.41, 5.74) is 9.86. The molecule has 3 N–H and O–H groups in total. The van der Waals surface area contributed by atoms with E-state index in [0.29, 0.717) is 17.7 Å². The Hall–Kier alpha value is -2.68. The normalized spacial score (nSPS) is 20.0. The minimum absolute atomic E-state index is 0.0863. The molecule has 1 saturated heterocycles. The van der Waals surface area contributed by atoms with Crippen LogP contribution in [0.5, 0.6) is 0 Å². The van der Waals surface area contributed by atoms with Crippen LogP contribution in [-0.2, 0) is 4.79 Å². The molecule has 23 heavy (non-hydrogen) atoms. The van der Waals surface area contributed by atoms with Crippen LogP contribution < -0.4 is 16.2 Å². The Morgan fingerprint density at radius 2 is 1.83 bits per heavy atom. The number of carbonyl (C=O) groups excluding carboxylic acids is 1. The van der Waals surface area contributed by atoms with Crippen LogP contribution in [0.15, 0.2) is 48.5 Å². The topological polar surface area (TPSA) is 77.0 Å². The number of nitriles is 1. The SMILES string of the molecule is Cc1ccc(C2CC(C(=O)Nc3ccc(C#N)cc3)NN2)cc1. The fourth-order valence-electron chi connectivity index (χ4n) is 2.60. The quantitative estimate of drug-likeness (QED) is 0.814. The minimum atomic E-state index is -0.294. The second-order valence-corrected chi connectivity index (χ2v) is 5.72. The van der Waals surface area contributed by atoms with Crippen molar-refractivity contribution in [2.24, 2.45) is 0 Å². The molecule has 0 aromatic heterocycles. The molecular weight excluding hydrogens is 288 g/mol. The van der Waals surface area contributed by atoms with Crippen molar-refractivity contribution in [3.63, 3.8) is 0 Å². The van der Waals surface area contributed by atoms with Crippen LogP contribution in [-0.4, -0.2) is 11.9 Å². The first-order chi connectivity index (χ1) is 11.2. The van der Waals surface area contributed by atoms with Gasteiger partial charge < -0.3 is 5.32 Å². The zero-order valence-corrected chi connectivity index (χ0v) is 12.8. The minimum Gasteiger partial charge on any atom is -0.325 e. The van der Waals surface area contributed by atoms with Gasteiger partial charge in [0.15, 0.2) is 0 Å². The fourth-order valence-corrected chi connectivity index (χ4v) is 2.60. The fraction of sp³-hybridized carbons (Fsp3) is 0.222. The molecule has 0 radical (unpaired) electrons. The summed E-state index contributed by atoms with van der Waals surface area (Å²) >= 11 is 0. The van der Waals surface area contributed by atoms with Gasteiger partial charge in [0.05, 0.1) is 11.6 Å². The number of carbonyl (C=O) groups is 1. The lowest BCUT2D eigenvalue weighted by atomic mass is 10.0. The lowest BCUT2D eigenvalue weighted by molar-refractivity contribution is -0.117. The van der Waals surface area contributed by atoms with Gasteiger partial charge >= 0.3 is 0 Å². The highest BCUT2D eigenvalue weighted by Gasteiger charge is 2.30. The first-order valence-electron chi connectivity index (χ1n) is 7.54. The van der Waals surface area contributed by atoms with Crippen molar-refractivity contribution in [2.75, 3.05) is 5.32 Å². The number of nitrogens with zero attached hydrogens (tertiary/aromatic N) is 1. The largest absolute Gasteiger partial charge is 0.325 e. The smallest absolute Gasteiger partial charge is 0.242 e. The van der Waals surface area contributed by atoms with E-state index in [1.54, 1.807) is 24.3 Å². The van der Waals surface area contributed by atoms with E-state index in [1.165, 1.54) is 5.56 Å². The molecule has 3 rings (SSSR count). The zero-order chi connectivity index (χ0) is 16.2. The standard InChI is InChI=1S/C18H18N4O/c1-12-2-6-14(7-3-12)16-10-17(22-21-16)18(23)20-15-8-4-13(11-19)5-9-15/h2-9,16-17,21-22H,10H2,1H3,(H,20,23).